The smallest absolute Gasteiger partial charge is 0.326 e. The van der Waals surface area contributed by atoms with Crippen LogP contribution in [0.25, 0.3) is 0 Å². The van der Waals surface area contributed by atoms with Gasteiger partial charge in [0.2, 0.25) is 5.91 Å². The summed E-state index contributed by atoms with van der Waals surface area (Å²) < 4.78 is 0. The first-order valence-electron chi connectivity index (χ1n) is 11.6. The highest BCUT2D eigenvalue weighted by molar-refractivity contribution is 7.98. The van der Waals surface area contributed by atoms with Crippen molar-refractivity contribution < 1.29 is 14.7 Å². The predicted molar refractivity (Wildman–Crippen MR) is 141 cm³/mol. The summed E-state index contributed by atoms with van der Waals surface area (Å²) in [5.74, 6) is 0.886. The molecule has 1 aliphatic heterocycles. The zero-order chi connectivity index (χ0) is 24.4. The van der Waals surface area contributed by atoms with Gasteiger partial charge in [-0.05, 0) is 54.2 Å². The molecule has 184 valence electrons. The van der Waals surface area contributed by atoms with E-state index in [4.69, 9.17) is 5.73 Å². The topological polar surface area (TPSA) is 95.7 Å². The number of nitrogens with zero attached hydrogens (tertiary/aromatic N) is 1. The first-order chi connectivity index (χ1) is 15.7. The lowest BCUT2D eigenvalue weighted by Crippen LogP contribution is -2.49. The molecule has 0 saturated carbocycles. The van der Waals surface area contributed by atoms with Crippen molar-refractivity contribution in [3.05, 3.63) is 47.5 Å². The number of carbonyl (C=O) groups excluding carboxylic acids is 1. The van der Waals surface area contributed by atoms with Gasteiger partial charge in [0.1, 0.15) is 6.04 Å². The summed E-state index contributed by atoms with van der Waals surface area (Å²) in [4.78, 5) is 26.9. The summed E-state index contributed by atoms with van der Waals surface area (Å²) in [6.45, 7) is 5.76. The Labute approximate surface area is 208 Å². The highest BCUT2D eigenvalue weighted by Crippen LogP contribution is 2.27. The molecule has 33 heavy (non-hydrogen) atoms. The first kappa shape index (κ1) is 27.8. The van der Waals surface area contributed by atoms with Crippen molar-refractivity contribution in [1.82, 2.24) is 10.2 Å². The van der Waals surface area contributed by atoms with Crippen LogP contribution >= 0.6 is 24.4 Å². The van der Waals surface area contributed by atoms with Crippen LogP contribution in [-0.2, 0) is 16.0 Å². The van der Waals surface area contributed by atoms with E-state index in [9.17, 15) is 14.7 Å². The molecule has 0 unspecified atom stereocenters. The van der Waals surface area contributed by atoms with Crippen LogP contribution in [0.15, 0.2) is 36.4 Å². The van der Waals surface area contributed by atoms with Crippen molar-refractivity contribution >= 4 is 36.3 Å². The molecule has 0 aromatic heterocycles. The van der Waals surface area contributed by atoms with Crippen LogP contribution < -0.4 is 11.1 Å². The lowest BCUT2D eigenvalue weighted by molar-refractivity contribution is -0.142. The lowest BCUT2D eigenvalue weighted by atomic mass is 9.94. The molecule has 0 bridgehead atoms. The van der Waals surface area contributed by atoms with Gasteiger partial charge in [0.15, 0.2) is 0 Å². The van der Waals surface area contributed by atoms with Gasteiger partial charge in [-0.2, -0.15) is 24.4 Å². The largest absolute Gasteiger partial charge is 0.480 e. The normalized spacial score (nSPS) is 20.9. The molecular formula is C25H39N3O3S2. The second kappa shape index (κ2) is 14.0. The van der Waals surface area contributed by atoms with Crippen molar-refractivity contribution in [1.29, 1.82) is 0 Å². The Morgan fingerprint density at radius 1 is 1.33 bits per heavy atom. The second-order valence-electron chi connectivity index (χ2n) is 9.13. The van der Waals surface area contributed by atoms with E-state index in [2.05, 4.69) is 61.0 Å². The molecule has 1 heterocycles. The third kappa shape index (κ3) is 9.00. The Morgan fingerprint density at radius 2 is 2.03 bits per heavy atom. The molecular weight excluding hydrogens is 454 g/mol. The summed E-state index contributed by atoms with van der Waals surface area (Å²) in [5.41, 5.74) is 8.52. The quantitative estimate of drug-likeness (QED) is 0.249. The SMILES string of the molecule is CSCC[C@H](NC(=O)[C@@H]1C[C@H](Cc2ccc(C(C)C)cc2)CN1C/C=C/[C@@H](N)CS)C(=O)O. The minimum absolute atomic E-state index is 0.124. The molecule has 0 radical (unpaired) electrons. The summed E-state index contributed by atoms with van der Waals surface area (Å²) >= 11 is 5.79. The minimum atomic E-state index is -0.983. The number of aliphatic carboxylic acids is 1. The van der Waals surface area contributed by atoms with Crippen LogP contribution in [0.2, 0.25) is 0 Å². The standard InChI is InChI=1S/C25H39N3O3S2/c1-17(2)20-8-6-18(7-9-20)13-19-14-23(28(15-19)11-4-5-21(26)16-32)24(29)27-22(25(30)31)10-12-33-3/h4-9,17,19,21-23,32H,10-16,26H2,1-3H3,(H,27,29)(H,30,31)/b5-4+/t19-,21+,22-,23-/m0/s1. The number of thiol groups is 1. The maximum atomic E-state index is 13.1. The maximum absolute atomic E-state index is 13.1. The average Bonchev–Trinajstić information content (AvgIpc) is 3.18. The van der Waals surface area contributed by atoms with Crippen LogP contribution in [0.4, 0.5) is 0 Å². The van der Waals surface area contributed by atoms with Crippen molar-refractivity contribution in [3.63, 3.8) is 0 Å². The number of nitrogens with one attached hydrogen (secondary N) is 1. The third-order valence-corrected chi connectivity index (χ3v) is 7.19. The van der Waals surface area contributed by atoms with Gasteiger partial charge >= 0.3 is 5.97 Å². The Morgan fingerprint density at radius 3 is 2.61 bits per heavy atom. The fourth-order valence-electron chi connectivity index (χ4n) is 4.19. The summed E-state index contributed by atoms with van der Waals surface area (Å²) in [7, 11) is 0. The molecule has 8 heteroatoms. The van der Waals surface area contributed by atoms with E-state index < -0.39 is 12.0 Å². The Balaban J connectivity index is 2.09. The van der Waals surface area contributed by atoms with Crippen LogP contribution in [0.1, 0.15) is 43.7 Å². The van der Waals surface area contributed by atoms with Gasteiger partial charge in [0.05, 0.1) is 6.04 Å². The highest BCUT2D eigenvalue weighted by Gasteiger charge is 2.37. The number of carboxylic acids is 1. The lowest BCUT2D eigenvalue weighted by Gasteiger charge is -2.24. The molecule has 1 fully saturated rings. The molecule has 0 spiro atoms. The number of hydrogen-bond acceptors (Lipinski definition) is 6. The fourth-order valence-corrected chi connectivity index (χ4v) is 4.78. The number of thioether (sulfide) groups is 1. The van der Waals surface area contributed by atoms with Gasteiger partial charge < -0.3 is 16.2 Å². The number of hydrogen-bond donors (Lipinski definition) is 4. The van der Waals surface area contributed by atoms with Gasteiger partial charge in [-0.3, -0.25) is 9.69 Å². The number of nitrogens with two attached hydrogens (primary N) is 1. The Kier molecular flexibility index (Phi) is 11.8. The molecule has 6 nitrogen and oxygen atoms in total. The summed E-state index contributed by atoms with van der Waals surface area (Å²) in [6, 6.07) is 7.40. The Bertz CT molecular complexity index is 786. The van der Waals surface area contributed by atoms with Crippen LogP contribution in [0.3, 0.4) is 0 Å². The van der Waals surface area contributed by atoms with Crippen molar-refractivity contribution in [2.24, 2.45) is 11.7 Å². The fraction of sp³-hybridized carbons (Fsp3) is 0.600. The molecule has 1 amide bonds. The van der Waals surface area contributed by atoms with E-state index in [-0.39, 0.29) is 18.0 Å². The van der Waals surface area contributed by atoms with Gasteiger partial charge in [-0.15, -0.1) is 0 Å². The summed E-state index contributed by atoms with van der Waals surface area (Å²) in [5, 5.41) is 12.3. The molecule has 2 rings (SSSR count). The van der Waals surface area contributed by atoms with E-state index in [1.165, 1.54) is 11.1 Å². The van der Waals surface area contributed by atoms with Gasteiger partial charge in [0, 0.05) is 24.9 Å². The van der Waals surface area contributed by atoms with Gasteiger partial charge in [-0.25, -0.2) is 4.79 Å². The molecule has 0 aliphatic carbocycles. The molecule has 1 aliphatic rings. The van der Waals surface area contributed by atoms with E-state index in [1.807, 2.05) is 18.4 Å². The molecule has 1 saturated heterocycles. The summed E-state index contributed by atoms with van der Waals surface area (Å²) in [6.07, 6.45) is 7.85. The number of amides is 1. The maximum Gasteiger partial charge on any atom is 0.326 e. The molecule has 4 N–H and O–H groups in total. The molecule has 4 atom stereocenters. The number of carbonyl (C=O) groups is 2. The highest BCUT2D eigenvalue weighted by atomic mass is 32.2. The predicted octanol–water partition coefficient (Wildman–Crippen LogP) is 3.18. The average molecular weight is 494 g/mol. The minimum Gasteiger partial charge on any atom is -0.480 e. The second-order valence-corrected chi connectivity index (χ2v) is 10.5. The zero-order valence-electron chi connectivity index (χ0n) is 19.9. The first-order valence-corrected chi connectivity index (χ1v) is 13.7. The number of rotatable bonds is 13. The monoisotopic (exact) mass is 493 g/mol. The number of likely N-dealkylation sites (tertiary alicyclic amines) is 1. The van der Waals surface area contributed by atoms with E-state index in [1.54, 1.807) is 11.8 Å². The van der Waals surface area contributed by atoms with E-state index >= 15 is 0 Å². The molecule has 1 aromatic carbocycles. The molecule has 1 aromatic rings. The third-order valence-electron chi connectivity index (χ3n) is 6.12. The van der Waals surface area contributed by atoms with Crippen LogP contribution in [-0.4, -0.2) is 70.9 Å². The van der Waals surface area contributed by atoms with Gasteiger partial charge in [-0.1, -0.05) is 50.3 Å². The van der Waals surface area contributed by atoms with Crippen molar-refractivity contribution in [2.45, 2.75) is 57.2 Å². The van der Waals surface area contributed by atoms with Crippen molar-refractivity contribution in [3.8, 4) is 0 Å². The van der Waals surface area contributed by atoms with E-state index in [0.29, 0.717) is 42.7 Å². The van der Waals surface area contributed by atoms with E-state index in [0.717, 1.165) is 13.0 Å². The van der Waals surface area contributed by atoms with Crippen LogP contribution in [0.5, 0.6) is 0 Å². The number of benzene rings is 1. The van der Waals surface area contributed by atoms with Gasteiger partial charge in [0.25, 0.3) is 0 Å². The zero-order valence-corrected chi connectivity index (χ0v) is 21.7. The Hall–Kier alpha value is -1.48. The van der Waals surface area contributed by atoms with Crippen molar-refractivity contribution in [2.75, 3.05) is 30.9 Å². The number of carboxylic acid groups (broad SMARTS) is 1. The van der Waals surface area contributed by atoms with Crippen LogP contribution in [0, 0.1) is 5.92 Å².